The van der Waals surface area contributed by atoms with Gasteiger partial charge >= 0.3 is 0 Å². The average molecular weight is 149 g/mol. The van der Waals surface area contributed by atoms with Crippen LogP contribution in [0, 0.1) is 0 Å². The Hall–Kier alpha value is -0.160. The molecule has 0 radical (unpaired) electrons. The Kier molecular flexibility index (Phi) is 6.84. The van der Waals surface area contributed by atoms with Gasteiger partial charge in [-0.25, -0.2) is 0 Å². The molecule has 0 saturated carbocycles. The van der Waals surface area contributed by atoms with E-state index in [0.29, 0.717) is 13.2 Å². The smallest absolute Gasteiger partial charge is 0.0638 e. The van der Waals surface area contributed by atoms with Crippen LogP contribution in [0.4, 0.5) is 0 Å². The molecule has 4 nitrogen and oxygen atoms in total. The van der Waals surface area contributed by atoms with E-state index in [2.05, 4.69) is 5.32 Å². The minimum Gasteiger partial charge on any atom is -0.395 e. The predicted molar refractivity (Wildman–Crippen MR) is 37.8 cm³/mol. The topological polar surface area (TPSA) is 61.7 Å². The summed E-state index contributed by atoms with van der Waals surface area (Å²) in [7, 11) is 1.57. The van der Waals surface area contributed by atoms with E-state index in [-0.39, 0.29) is 19.3 Å². The van der Waals surface area contributed by atoms with Crippen molar-refractivity contribution in [2.45, 2.75) is 6.04 Å². The summed E-state index contributed by atoms with van der Waals surface area (Å²) in [6, 6.07) is -0.0582. The van der Waals surface area contributed by atoms with Crippen molar-refractivity contribution in [2.75, 3.05) is 33.5 Å². The molecule has 0 aromatic carbocycles. The molecule has 62 valence electrons. The summed E-state index contributed by atoms with van der Waals surface area (Å²) >= 11 is 0. The SMILES string of the molecule is COC[C@@H](CO)NCCO. The molecule has 0 fully saturated rings. The molecule has 0 spiro atoms. The Labute approximate surface area is 60.8 Å². The van der Waals surface area contributed by atoms with Crippen LogP contribution in [-0.4, -0.2) is 49.7 Å². The van der Waals surface area contributed by atoms with Crippen molar-refractivity contribution in [3.8, 4) is 0 Å². The molecule has 0 rings (SSSR count). The summed E-state index contributed by atoms with van der Waals surface area (Å²) in [6.45, 7) is 1.08. The maximum Gasteiger partial charge on any atom is 0.0638 e. The van der Waals surface area contributed by atoms with Crippen LogP contribution in [0.2, 0.25) is 0 Å². The molecule has 0 unspecified atom stereocenters. The normalized spacial score (nSPS) is 13.5. The Morgan fingerprint density at radius 1 is 1.50 bits per heavy atom. The largest absolute Gasteiger partial charge is 0.395 e. The maximum atomic E-state index is 8.66. The van der Waals surface area contributed by atoms with Gasteiger partial charge in [0.2, 0.25) is 0 Å². The minimum atomic E-state index is -0.0582. The Balaban J connectivity index is 3.21. The van der Waals surface area contributed by atoms with Crippen LogP contribution >= 0.6 is 0 Å². The third-order valence-electron chi connectivity index (χ3n) is 1.13. The van der Waals surface area contributed by atoms with Gasteiger partial charge in [0.1, 0.15) is 0 Å². The third kappa shape index (κ3) is 4.69. The second-order valence-electron chi connectivity index (χ2n) is 2.01. The average Bonchev–Trinajstić information content (AvgIpc) is 1.98. The van der Waals surface area contributed by atoms with Gasteiger partial charge in [-0.2, -0.15) is 0 Å². The number of hydrogen-bond acceptors (Lipinski definition) is 4. The van der Waals surface area contributed by atoms with E-state index in [1.165, 1.54) is 0 Å². The molecule has 0 amide bonds. The van der Waals surface area contributed by atoms with Crippen molar-refractivity contribution in [3.63, 3.8) is 0 Å². The molecular formula is C6H15NO3. The number of rotatable bonds is 6. The number of hydrogen-bond donors (Lipinski definition) is 3. The van der Waals surface area contributed by atoms with Crippen LogP contribution in [0.3, 0.4) is 0 Å². The molecule has 0 aromatic heterocycles. The van der Waals surface area contributed by atoms with Crippen molar-refractivity contribution in [1.82, 2.24) is 5.32 Å². The van der Waals surface area contributed by atoms with Crippen molar-refractivity contribution in [2.24, 2.45) is 0 Å². The second-order valence-corrected chi connectivity index (χ2v) is 2.01. The van der Waals surface area contributed by atoms with Crippen LogP contribution in [0.1, 0.15) is 0 Å². The lowest BCUT2D eigenvalue weighted by molar-refractivity contribution is 0.125. The van der Waals surface area contributed by atoms with Gasteiger partial charge in [0.25, 0.3) is 0 Å². The van der Waals surface area contributed by atoms with Gasteiger partial charge in [-0.05, 0) is 0 Å². The third-order valence-corrected chi connectivity index (χ3v) is 1.13. The fourth-order valence-corrected chi connectivity index (χ4v) is 0.646. The number of nitrogens with one attached hydrogen (secondary N) is 1. The van der Waals surface area contributed by atoms with Gasteiger partial charge < -0.3 is 20.3 Å². The van der Waals surface area contributed by atoms with Crippen molar-refractivity contribution < 1.29 is 14.9 Å². The monoisotopic (exact) mass is 149 g/mol. The quantitative estimate of drug-likeness (QED) is 0.433. The summed E-state index contributed by atoms with van der Waals surface area (Å²) in [5, 5.41) is 19.9. The fraction of sp³-hybridized carbons (Fsp3) is 1.00. The molecular weight excluding hydrogens is 134 g/mol. The van der Waals surface area contributed by atoms with E-state index >= 15 is 0 Å². The molecule has 0 saturated heterocycles. The summed E-state index contributed by atoms with van der Waals surface area (Å²) < 4.78 is 4.79. The lowest BCUT2D eigenvalue weighted by atomic mass is 10.3. The van der Waals surface area contributed by atoms with E-state index in [4.69, 9.17) is 14.9 Å². The lowest BCUT2D eigenvalue weighted by Crippen LogP contribution is -2.37. The first-order valence-corrected chi connectivity index (χ1v) is 3.29. The molecule has 0 aliphatic heterocycles. The summed E-state index contributed by atoms with van der Waals surface area (Å²) in [5.41, 5.74) is 0. The van der Waals surface area contributed by atoms with E-state index < -0.39 is 0 Å². The van der Waals surface area contributed by atoms with E-state index in [0.717, 1.165) is 0 Å². The Morgan fingerprint density at radius 2 is 2.20 bits per heavy atom. The fourth-order valence-electron chi connectivity index (χ4n) is 0.646. The highest BCUT2D eigenvalue weighted by molar-refractivity contribution is 4.62. The van der Waals surface area contributed by atoms with E-state index in [1.807, 2.05) is 0 Å². The van der Waals surface area contributed by atoms with Crippen molar-refractivity contribution in [3.05, 3.63) is 0 Å². The highest BCUT2D eigenvalue weighted by Gasteiger charge is 2.03. The summed E-state index contributed by atoms with van der Waals surface area (Å²) in [6.07, 6.45) is 0. The zero-order valence-electron chi connectivity index (χ0n) is 6.21. The molecule has 3 N–H and O–H groups in total. The highest BCUT2D eigenvalue weighted by atomic mass is 16.5. The van der Waals surface area contributed by atoms with E-state index in [1.54, 1.807) is 7.11 Å². The van der Waals surface area contributed by atoms with Gasteiger partial charge in [-0.3, -0.25) is 0 Å². The Bertz CT molecular complexity index is 70.0. The first-order valence-electron chi connectivity index (χ1n) is 3.29. The zero-order chi connectivity index (χ0) is 7.82. The van der Waals surface area contributed by atoms with Crippen molar-refractivity contribution in [1.29, 1.82) is 0 Å². The maximum absolute atomic E-state index is 8.66. The highest BCUT2D eigenvalue weighted by Crippen LogP contribution is 1.81. The van der Waals surface area contributed by atoms with Crippen LogP contribution in [0.25, 0.3) is 0 Å². The second kappa shape index (κ2) is 6.95. The van der Waals surface area contributed by atoms with Gasteiger partial charge in [0.15, 0.2) is 0 Å². The predicted octanol–water partition coefficient (Wildman–Crippen LogP) is -1.42. The van der Waals surface area contributed by atoms with Crippen LogP contribution in [0.15, 0.2) is 0 Å². The number of aliphatic hydroxyl groups is 2. The van der Waals surface area contributed by atoms with Gasteiger partial charge in [-0.15, -0.1) is 0 Å². The number of methoxy groups -OCH3 is 1. The number of aliphatic hydroxyl groups excluding tert-OH is 2. The van der Waals surface area contributed by atoms with Crippen LogP contribution in [-0.2, 0) is 4.74 Å². The molecule has 0 aliphatic carbocycles. The molecule has 10 heavy (non-hydrogen) atoms. The standard InChI is InChI=1S/C6H15NO3/c1-10-5-6(4-9)7-2-3-8/h6-9H,2-5H2,1H3/t6-/m1/s1. The first kappa shape index (κ1) is 9.84. The van der Waals surface area contributed by atoms with Gasteiger partial charge in [0.05, 0.1) is 25.9 Å². The van der Waals surface area contributed by atoms with Crippen LogP contribution < -0.4 is 5.32 Å². The molecule has 0 aliphatic rings. The first-order chi connectivity index (χ1) is 4.85. The van der Waals surface area contributed by atoms with Gasteiger partial charge in [-0.1, -0.05) is 0 Å². The molecule has 0 bridgehead atoms. The molecule has 4 heteroatoms. The zero-order valence-corrected chi connectivity index (χ0v) is 6.21. The Morgan fingerprint density at radius 3 is 2.60 bits per heavy atom. The van der Waals surface area contributed by atoms with Crippen molar-refractivity contribution >= 4 is 0 Å². The minimum absolute atomic E-state index is 0.0356. The molecule has 0 aromatic rings. The summed E-state index contributed by atoms with van der Waals surface area (Å²) in [4.78, 5) is 0. The molecule has 0 heterocycles. The number of ether oxygens (including phenoxy) is 1. The summed E-state index contributed by atoms with van der Waals surface area (Å²) in [5.74, 6) is 0. The van der Waals surface area contributed by atoms with E-state index in [9.17, 15) is 0 Å². The molecule has 1 atom stereocenters. The van der Waals surface area contributed by atoms with Gasteiger partial charge in [0, 0.05) is 13.7 Å². The van der Waals surface area contributed by atoms with Crippen LogP contribution in [0.5, 0.6) is 0 Å². The lowest BCUT2D eigenvalue weighted by Gasteiger charge is -2.13.